The SMILES string of the molecule is O=C(NCc1ccco1)c1ccccc1NCCc1ccccc1. The summed E-state index contributed by atoms with van der Waals surface area (Å²) in [5.41, 5.74) is 2.74. The number of benzene rings is 2. The molecule has 2 aromatic carbocycles. The zero-order valence-electron chi connectivity index (χ0n) is 13.4. The van der Waals surface area contributed by atoms with E-state index in [2.05, 4.69) is 22.8 Å². The van der Waals surface area contributed by atoms with Gasteiger partial charge < -0.3 is 15.1 Å². The minimum absolute atomic E-state index is 0.116. The zero-order valence-corrected chi connectivity index (χ0v) is 13.4. The fourth-order valence-electron chi connectivity index (χ4n) is 2.50. The Morgan fingerprint density at radius 3 is 2.50 bits per heavy atom. The molecule has 4 heteroatoms. The number of anilines is 1. The average Bonchev–Trinajstić information content (AvgIpc) is 3.15. The van der Waals surface area contributed by atoms with Crippen LogP contribution in [-0.2, 0) is 13.0 Å². The van der Waals surface area contributed by atoms with Crippen LogP contribution in [0, 0.1) is 0 Å². The van der Waals surface area contributed by atoms with Crippen molar-refractivity contribution in [2.75, 3.05) is 11.9 Å². The van der Waals surface area contributed by atoms with Crippen molar-refractivity contribution >= 4 is 11.6 Å². The third-order valence-corrected chi connectivity index (χ3v) is 3.75. The first-order valence-electron chi connectivity index (χ1n) is 8.00. The number of rotatable bonds is 7. The van der Waals surface area contributed by atoms with Crippen molar-refractivity contribution in [1.29, 1.82) is 0 Å². The smallest absolute Gasteiger partial charge is 0.253 e. The second kappa shape index (κ2) is 8.02. The van der Waals surface area contributed by atoms with Crippen LogP contribution in [0.3, 0.4) is 0 Å². The number of carbonyl (C=O) groups is 1. The predicted molar refractivity (Wildman–Crippen MR) is 95.0 cm³/mol. The van der Waals surface area contributed by atoms with E-state index in [0.29, 0.717) is 12.1 Å². The van der Waals surface area contributed by atoms with Crippen molar-refractivity contribution in [2.24, 2.45) is 0 Å². The summed E-state index contributed by atoms with van der Waals surface area (Å²) in [7, 11) is 0. The maximum absolute atomic E-state index is 12.4. The van der Waals surface area contributed by atoms with E-state index in [1.807, 2.05) is 48.5 Å². The van der Waals surface area contributed by atoms with Crippen molar-refractivity contribution in [1.82, 2.24) is 5.32 Å². The van der Waals surface area contributed by atoms with Crippen molar-refractivity contribution in [2.45, 2.75) is 13.0 Å². The molecule has 0 fully saturated rings. The van der Waals surface area contributed by atoms with Gasteiger partial charge in [0.25, 0.3) is 5.91 Å². The molecule has 0 aliphatic rings. The van der Waals surface area contributed by atoms with Crippen LogP contribution in [0.5, 0.6) is 0 Å². The number of hydrogen-bond acceptors (Lipinski definition) is 3. The molecule has 0 aliphatic carbocycles. The summed E-state index contributed by atoms with van der Waals surface area (Å²) in [5, 5.41) is 6.23. The Bertz CT molecular complexity index is 767. The first kappa shape index (κ1) is 15.9. The summed E-state index contributed by atoms with van der Waals surface area (Å²) in [6.07, 6.45) is 2.50. The van der Waals surface area contributed by atoms with Crippen LogP contribution >= 0.6 is 0 Å². The highest BCUT2D eigenvalue weighted by Gasteiger charge is 2.10. The number of para-hydroxylation sites is 1. The van der Waals surface area contributed by atoms with Gasteiger partial charge in [0.2, 0.25) is 0 Å². The fourth-order valence-corrected chi connectivity index (χ4v) is 2.50. The molecule has 1 aromatic heterocycles. The molecule has 1 amide bonds. The minimum atomic E-state index is -0.116. The van der Waals surface area contributed by atoms with Gasteiger partial charge in [0, 0.05) is 12.2 Å². The summed E-state index contributed by atoms with van der Waals surface area (Å²) < 4.78 is 5.23. The van der Waals surface area contributed by atoms with Crippen LogP contribution in [0.4, 0.5) is 5.69 Å². The van der Waals surface area contributed by atoms with Gasteiger partial charge in [0.15, 0.2) is 0 Å². The second-order valence-electron chi connectivity index (χ2n) is 5.47. The first-order valence-corrected chi connectivity index (χ1v) is 8.00. The van der Waals surface area contributed by atoms with E-state index < -0.39 is 0 Å². The molecule has 1 heterocycles. The van der Waals surface area contributed by atoms with Crippen LogP contribution in [0.2, 0.25) is 0 Å². The normalized spacial score (nSPS) is 10.3. The van der Waals surface area contributed by atoms with Crippen LogP contribution in [0.15, 0.2) is 77.4 Å². The summed E-state index contributed by atoms with van der Waals surface area (Å²) in [4.78, 5) is 12.4. The van der Waals surface area contributed by atoms with Crippen molar-refractivity contribution in [3.8, 4) is 0 Å². The molecule has 0 spiro atoms. The molecule has 0 aliphatic heterocycles. The van der Waals surface area contributed by atoms with Gasteiger partial charge in [-0.2, -0.15) is 0 Å². The highest BCUT2D eigenvalue weighted by molar-refractivity contribution is 5.99. The standard InChI is InChI=1S/C20H20N2O2/c23-20(22-15-17-9-6-14-24-17)18-10-4-5-11-19(18)21-13-12-16-7-2-1-3-8-16/h1-11,14,21H,12-13,15H2,(H,22,23). The summed E-state index contributed by atoms with van der Waals surface area (Å²) >= 11 is 0. The third-order valence-electron chi connectivity index (χ3n) is 3.75. The van der Waals surface area contributed by atoms with Crippen LogP contribution in [-0.4, -0.2) is 12.5 Å². The van der Waals surface area contributed by atoms with Gasteiger partial charge >= 0.3 is 0 Å². The molecule has 3 aromatic rings. The molecule has 0 atom stereocenters. The Morgan fingerprint density at radius 2 is 1.71 bits per heavy atom. The lowest BCUT2D eigenvalue weighted by Crippen LogP contribution is -2.24. The van der Waals surface area contributed by atoms with Gasteiger partial charge in [-0.15, -0.1) is 0 Å². The van der Waals surface area contributed by atoms with E-state index >= 15 is 0 Å². The topological polar surface area (TPSA) is 54.3 Å². The number of carbonyl (C=O) groups excluding carboxylic acids is 1. The largest absolute Gasteiger partial charge is 0.467 e. The van der Waals surface area contributed by atoms with E-state index in [-0.39, 0.29) is 5.91 Å². The molecule has 3 rings (SSSR count). The van der Waals surface area contributed by atoms with Gasteiger partial charge in [-0.25, -0.2) is 0 Å². The Hall–Kier alpha value is -3.01. The maximum Gasteiger partial charge on any atom is 0.253 e. The van der Waals surface area contributed by atoms with Crippen molar-refractivity contribution in [3.63, 3.8) is 0 Å². The van der Waals surface area contributed by atoms with Crippen LogP contribution < -0.4 is 10.6 Å². The quantitative estimate of drug-likeness (QED) is 0.695. The highest BCUT2D eigenvalue weighted by Crippen LogP contribution is 2.15. The number of nitrogens with one attached hydrogen (secondary N) is 2. The van der Waals surface area contributed by atoms with Crippen molar-refractivity contribution in [3.05, 3.63) is 89.9 Å². The van der Waals surface area contributed by atoms with Gasteiger partial charge in [0.05, 0.1) is 18.4 Å². The molecule has 0 bridgehead atoms. The molecule has 0 radical (unpaired) electrons. The van der Waals surface area contributed by atoms with Gasteiger partial charge in [-0.05, 0) is 36.2 Å². The highest BCUT2D eigenvalue weighted by atomic mass is 16.3. The molecule has 2 N–H and O–H groups in total. The number of hydrogen-bond donors (Lipinski definition) is 2. The van der Waals surface area contributed by atoms with E-state index in [4.69, 9.17) is 4.42 Å². The van der Waals surface area contributed by atoms with E-state index in [9.17, 15) is 4.79 Å². The molecule has 0 saturated heterocycles. The van der Waals surface area contributed by atoms with Gasteiger partial charge in [-0.1, -0.05) is 42.5 Å². The number of furan rings is 1. The van der Waals surface area contributed by atoms with E-state index in [0.717, 1.165) is 24.4 Å². The second-order valence-corrected chi connectivity index (χ2v) is 5.47. The summed E-state index contributed by atoms with van der Waals surface area (Å²) in [5.74, 6) is 0.618. The van der Waals surface area contributed by atoms with Crippen molar-refractivity contribution < 1.29 is 9.21 Å². The summed E-state index contributed by atoms with van der Waals surface area (Å²) in [6.45, 7) is 1.15. The van der Waals surface area contributed by atoms with E-state index in [1.165, 1.54) is 5.56 Å². The molecule has 122 valence electrons. The molecule has 0 unspecified atom stereocenters. The van der Waals surface area contributed by atoms with Gasteiger partial charge in [0.1, 0.15) is 5.76 Å². The molecular formula is C20H20N2O2. The Kier molecular flexibility index (Phi) is 5.30. The first-order chi connectivity index (χ1) is 11.8. The average molecular weight is 320 g/mol. The molecular weight excluding hydrogens is 300 g/mol. The Balaban J connectivity index is 1.58. The lowest BCUT2D eigenvalue weighted by atomic mass is 10.1. The minimum Gasteiger partial charge on any atom is -0.467 e. The molecule has 0 saturated carbocycles. The van der Waals surface area contributed by atoms with E-state index in [1.54, 1.807) is 12.3 Å². The van der Waals surface area contributed by atoms with Gasteiger partial charge in [-0.3, -0.25) is 4.79 Å². The maximum atomic E-state index is 12.4. The predicted octanol–water partition coefficient (Wildman–Crippen LogP) is 3.86. The fraction of sp³-hybridized carbons (Fsp3) is 0.150. The summed E-state index contributed by atoms with van der Waals surface area (Å²) in [6, 6.07) is 21.5. The Labute approximate surface area is 141 Å². The molecule has 24 heavy (non-hydrogen) atoms. The molecule has 4 nitrogen and oxygen atoms in total. The zero-order chi connectivity index (χ0) is 16.6. The number of amides is 1. The Morgan fingerprint density at radius 1 is 0.917 bits per heavy atom. The lowest BCUT2D eigenvalue weighted by Gasteiger charge is -2.12. The van der Waals surface area contributed by atoms with Crippen LogP contribution in [0.25, 0.3) is 0 Å². The lowest BCUT2D eigenvalue weighted by molar-refractivity contribution is 0.0949. The monoisotopic (exact) mass is 320 g/mol. The van der Waals surface area contributed by atoms with Crippen LogP contribution in [0.1, 0.15) is 21.7 Å². The third kappa shape index (κ3) is 4.26.